The van der Waals surface area contributed by atoms with E-state index in [1.807, 2.05) is 24.3 Å². The van der Waals surface area contributed by atoms with Gasteiger partial charge in [-0.05, 0) is 34.7 Å². The van der Waals surface area contributed by atoms with Gasteiger partial charge in [-0.25, -0.2) is 14.5 Å². The fourth-order valence-electron chi connectivity index (χ4n) is 1.07. The van der Waals surface area contributed by atoms with Crippen molar-refractivity contribution in [2.24, 2.45) is 0 Å². The highest BCUT2D eigenvalue weighted by Crippen LogP contribution is 2.13. The number of nitrogens with one attached hydrogen (secondary N) is 1. The quantitative estimate of drug-likeness (QED) is 0.800. The van der Waals surface area contributed by atoms with Crippen LogP contribution in [0.15, 0.2) is 35.4 Å². The van der Waals surface area contributed by atoms with Crippen LogP contribution in [-0.4, -0.2) is 14.8 Å². The first kappa shape index (κ1) is 8.49. The minimum atomic E-state index is -0.218. The molecule has 0 fully saturated rings. The third-order valence-electron chi connectivity index (χ3n) is 1.66. The van der Waals surface area contributed by atoms with E-state index >= 15 is 0 Å². The summed E-state index contributed by atoms with van der Waals surface area (Å²) < 4.78 is 2.49. The molecule has 66 valence electrons. The lowest BCUT2D eigenvalue weighted by Gasteiger charge is -2.01. The van der Waals surface area contributed by atoms with Gasteiger partial charge in [0.25, 0.3) is 0 Å². The lowest BCUT2D eigenvalue weighted by Crippen LogP contribution is -2.14. The predicted molar refractivity (Wildman–Crippen MR) is 56.9 cm³/mol. The van der Waals surface area contributed by atoms with Gasteiger partial charge in [0.1, 0.15) is 6.33 Å². The monoisotopic (exact) mass is 287 g/mol. The van der Waals surface area contributed by atoms with Crippen molar-refractivity contribution in [3.63, 3.8) is 0 Å². The van der Waals surface area contributed by atoms with Crippen LogP contribution >= 0.6 is 22.6 Å². The Morgan fingerprint density at radius 2 is 2.15 bits per heavy atom. The number of para-hydroxylation sites is 1. The minimum Gasteiger partial charge on any atom is -0.249 e. The summed E-state index contributed by atoms with van der Waals surface area (Å²) in [6.45, 7) is 0. The third kappa shape index (κ3) is 1.51. The maximum Gasteiger partial charge on any atom is 0.347 e. The third-order valence-corrected chi connectivity index (χ3v) is 2.58. The normalized spacial score (nSPS) is 10.2. The van der Waals surface area contributed by atoms with Crippen LogP contribution in [0, 0.1) is 3.57 Å². The molecule has 1 aromatic heterocycles. The topological polar surface area (TPSA) is 50.7 Å². The first-order chi connectivity index (χ1) is 6.29. The Balaban J connectivity index is 2.66. The number of benzene rings is 1. The van der Waals surface area contributed by atoms with Gasteiger partial charge in [-0.15, -0.1) is 0 Å². The largest absolute Gasteiger partial charge is 0.347 e. The molecule has 1 N–H and O–H groups in total. The molecule has 0 saturated heterocycles. The Hall–Kier alpha value is -1.11. The molecule has 0 bridgehead atoms. The van der Waals surface area contributed by atoms with E-state index in [0.717, 1.165) is 9.26 Å². The summed E-state index contributed by atoms with van der Waals surface area (Å²) in [5.74, 6) is 0. The molecule has 4 nitrogen and oxygen atoms in total. The van der Waals surface area contributed by atoms with Crippen molar-refractivity contribution in [3.05, 3.63) is 44.6 Å². The second-order valence-corrected chi connectivity index (χ2v) is 3.65. The predicted octanol–water partition coefficient (Wildman–Crippen LogP) is 1.17. The zero-order valence-electron chi connectivity index (χ0n) is 6.57. The Kier molecular flexibility index (Phi) is 2.17. The van der Waals surface area contributed by atoms with Crippen LogP contribution in [0.4, 0.5) is 0 Å². The van der Waals surface area contributed by atoms with Crippen molar-refractivity contribution >= 4 is 22.6 Å². The van der Waals surface area contributed by atoms with Crippen molar-refractivity contribution in [2.75, 3.05) is 0 Å². The molecule has 0 saturated carbocycles. The molecule has 0 atom stereocenters. The van der Waals surface area contributed by atoms with Crippen molar-refractivity contribution in [3.8, 4) is 5.69 Å². The molecule has 0 amide bonds. The summed E-state index contributed by atoms with van der Waals surface area (Å²) in [6, 6.07) is 7.63. The molecule has 5 heteroatoms. The number of nitrogens with zero attached hydrogens (tertiary/aromatic N) is 2. The van der Waals surface area contributed by atoms with Gasteiger partial charge in [-0.2, -0.15) is 5.10 Å². The van der Waals surface area contributed by atoms with Gasteiger partial charge in [0.15, 0.2) is 0 Å². The Labute approximate surface area is 87.7 Å². The zero-order valence-corrected chi connectivity index (χ0v) is 8.72. The number of hydrogen-bond donors (Lipinski definition) is 1. The molecule has 1 heterocycles. The van der Waals surface area contributed by atoms with Crippen LogP contribution in [0.5, 0.6) is 0 Å². The Morgan fingerprint density at radius 3 is 2.77 bits per heavy atom. The van der Waals surface area contributed by atoms with Crippen molar-refractivity contribution < 1.29 is 0 Å². The molecule has 13 heavy (non-hydrogen) atoms. The smallest absolute Gasteiger partial charge is 0.249 e. The number of H-pyrrole nitrogens is 1. The summed E-state index contributed by atoms with van der Waals surface area (Å²) in [7, 11) is 0. The summed E-state index contributed by atoms with van der Waals surface area (Å²) in [5.41, 5.74) is 0.631. The summed E-state index contributed by atoms with van der Waals surface area (Å²) in [6.07, 6.45) is 1.47. The highest BCUT2D eigenvalue weighted by Gasteiger charge is 2.03. The average Bonchev–Trinajstić information content (AvgIpc) is 2.52. The highest BCUT2D eigenvalue weighted by molar-refractivity contribution is 14.1. The number of aromatic nitrogens is 3. The molecule has 2 aromatic rings. The van der Waals surface area contributed by atoms with Gasteiger partial charge in [0.05, 0.1) is 5.69 Å². The van der Waals surface area contributed by atoms with Gasteiger partial charge < -0.3 is 0 Å². The minimum absolute atomic E-state index is 0.218. The number of hydrogen-bond acceptors (Lipinski definition) is 2. The molecule has 0 aliphatic rings. The Bertz CT molecular complexity index is 474. The van der Waals surface area contributed by atoms with E-state index in [1.54, 1.807) is 0 Å². The van der Waals surface area contributed by atoms with Gasteiger partial charge >= 0.3 is 5.69 Å². The molecule has 0 aliphatic carbocycles. The van der Waals surface area contributed by atoms with Gasteiger partial charge in [-0.1, -0.05) is 12.1 Å². The summed E-state index contributed by atoms with van der Waals surface area (Å²) in [4.78, 5) is 11.2. The maximum atomic E-state index is 11.2. The molecular formula is C8H6IN3O. The first-order valence-electron chi connectivity index (χ1n) is 3.66. The van der Waals surface area contributed by atoms with Crippen molar-refractivity contribution in [2.45, 2.75) is 0 Å². The van der Waals surface area contributed by atoms with E-state index in [-0.39, 0.29) is 5.69 Å². The van der Waals surface area contributed by atoms with Gasteiger partial charge in [-0.3, -0.25) is 0 Å². The number of aromatic amines is 1. The van der Waals surface area contributed by atoms with Crippen molar-refractivity contribution in [1.29, 1.82) is 0 Å². The molecule has 1 aromatic carbocycles. The fourth-order valence-corrected chi connectivity index (χ4v) is 1.71. The van der Waals surface area contributed by atoms with Crippen LogP contribution in [0.3, 0.4) is 0 Å². The molecule has 0 radical (unpaired) electrons. The molecule has 0 aliphatic heterocycles. The zero-order chi connectivity index (χ0) is 9.26. The molecule has 2 rings (SSSR count). The number of rotatable bonds is 1. The standard InChI is InChI=1S/C8H6IN3O/c9-6-3-1-2-4-7(6)12-5-10-11-8(12)13/h1-5H,(H,11,13). The van der Waals surface area contributed by atoms with Crippen LogP contribution in [0.25, 0.3) is 5.69 Å². The van der Waals surface area contributed by atoms with Crippen LogP contribution < -0.4 is 5.69 Å². The fraction of sp³-hybridized carbons (Fsp3) is 0. The molecular weight excluding hydrogens is 281 g/mol. The summed E-state index contributed by atoms with van der Waals surface area (Å²) >= 11 is 2.18. The van der Waals surface area contributed by atoms with Gasteiger partial charge in [0, 0.05) is 3.57 Å². The summed E-state index contributed by atoms with van der Waals surface area (Å²) in [5, 5.41) is 6.01. The molecule has 0 spiro atoms. The average molecular weight is 287 g/mol. The second kappa shape index (κ2) is 3.33. The van der Waals surface area contributed by atoms with E-state index in [4.69, 9.17) is 0 Å². The van der Waals surface area contributed by atoms with Crippen LogP contribution in [-0.2, 0) is 0 Å². The van der Waals surface area contributed by atoms with Crippen LogP contribution in [0.2, 0.25) is 0 Å². The van der Waals surface area contributed by atoms with Crippen molar-refractivity contribution in [1.82, 2.24) is 14.8 Å². The lowest BCUT2D eigenvalue weighted by molar-refractivity contribution is 0.977. The van der Waals surface area contributed by atoms with E-state index in [9.17, 15) is 4.79 Å². The van der Waals surface area contributed by atoms with E-state index in [2.05, 4.69) is 32.8 Å². The number of halogens is 1. The van der Waals surface area contributed by atoms with E-state index in [1.165, 1.54) is 10.9 Å². The maximum absolute atomic E-state index is 11.2. The van der Waals surface area contributed by atoms with Crippen LogP contribution in [0.1, 0.15) is 0 Å². The van der Waals surface area contributed by atoms with E-state index in [0.29, 0.717) is 0 Å². The van der Waals surface area contributed by atoms with E-state index < -0.39 is 0 Å². The second-order valence-electron chi connectivity index (χ2n) is 2.48. The van der Waals surface area contributed by atoms with Gasteiger partial charge in [0.2, 0.25) is 0 Å². The lowest BCUT2D eigenvalue weighted by atomic mass is 10.3. The Morgan fingerprint density at radius 1 is 1.38 bits per heavy atom. The first-order valence-corrected chi connectivity index (χ1v) is 4.74. The highest BCUT2D eigenvalue weighted by atomic mass is 127. The molecule has 0 unspecified atom stereocenters. The SMILES string of the molecule is O=c1[nH]ncn1-c1ccccc1I.